The maximum atomic E-state index is 11.9. The molecule has 1 fully saturated rings. The molecule has 5 heteroatoms. The highest BCUT2D eigenvalue weighted by Gasteiger charge is 2.30. The molecule has 1 aromatic carbocycles. The maximum Gasteiger partial charge on any atom is 0.225 e. The molecule has 0 saturated carbocycles. The van der Waals surface area contributed by atoms with E-state index in [-0.39, 0.29) is 5.91 Å². The highest BCUT2D eigenvalue weighted by molar-refractivity contribution is 5.90. The Bertz CT molecular complexity index is 457. The van der Waals surface area contributed by atoms with Gasteiger partial charge in [0.05, 0.1) is 5.60 Å². The molecule has 1 aromatic rings. The number of anilines is 1. The highest BCUT2D eigenvalue weighted by atomic mass is 16.3. The Morgan fingerprint density at radius 1 is 1.45 bits per heavy atom. The third-order valence-electron chi connectivity index (χ3n) is 3.66. The van der Waals surface area contributed by atoms with E-state index in [4.69, 9.17) is 5.73 Å². The molecule has 0 bridgehead atoms. The van der Waals surface area contributed by atoms with Gasteiger partial charge in [-0.25, -0.2) is 0 Å². The largest absolute Gasteiger partial charge is 0.389 e. The molecule has 2 rings (SSSR count). The summed E-state index contributed by atoms with van der Waals surface area (Å²) < 4.78 is 0. The van der Waals surface area contributed by atoms with Gasteiger partial charge in [0.25, 0.3) is 0 Å². The van der Waals surface area contributed by atoms with Gasteiger partial charge in [0.1, 0.15) is 0 Å². The Morgan fingerprint density at radius 3 is 2.70 bits per heavy atom. The normalized spacial score (nSPS) is 22.9. The topological polar surface area (TPSA) is 78.6 Å². The number of rotatable bonds is 5. The third kappa shape index (κ3) is 4.30. The van der Waals surface area contributed by atoms with Gasteiger partial charge in [0, 0.05) is 38.3 Å². The van der Waals surface area contributed by atoms with Crippen molar-refractivity contribution in [3.05, 3.63) is 29.8 Å². The number of aliphatic hydroxyl groups is 1. The Balaban J connectivity index is 1.75. The fourth-order valence-corrected chi connectivity index (χ4v) is 2.44. The number of nitrogens with zero attached hydrogens (tertiary/aromatic N) is 1. The van der Waals surface area contributed by atoms with Crippen molar-refractivity contribution in [1.82, 2.24) is 4.90 Å². The number of carbonyl (C=O) groups is 1. The van der Waals surface area contributed by atoms with Crippen LogP contribution in [0, 0.1) is 0 Å². The van der Waals surface area contributed by atoms with Crippen LogP contribution in [0.3, 0.4) is 0 Å². The number of benzene rings is 1. The number of likely N-dealkylation sites (tertiary alicyclic amines) is 1. The van der Waals surface area contributed by atoms with Crippen LogP contribution in [-0.4, -0.2) is 41.1 Å². The third-order valence-corrected chi connectivity index (χ3v) is 3.66. The lowest BCUT2D eigenvalue weighted by molar-refractivity contribution is -0.116. The van der Waals surface area contributed by atoms with Gasteiger partial charge in [0.15, 0.2) is 0 Å². The van der Waals surface area contributed by atoms with Crippen molar-refractivity contribution < 1.29 is 9.90 Å². The van der Waals surface area contributed by atoms with Crippen LogP contribution in [0.5, 0.6) is 0 Å². The second-order valence-electron chi connectivity index (χ2n) is 5.72. The van der Waals surface area contributed by atoms with Crippen LogP contribution in [0.2, 0.25) is 0 Å². The molecule has 1 heterocycles. The first-order valence-electron chi connectivity index (χ1n) is 7.02. The molecule has 1 saturated heterocycles. The minimum atomic E-state index is -0.603. The standard InChI is InChI=1S/C15H23N3O2/c1-15(20)7-9-18(11-15)8-6-14(19)17-13-4-2-12(10-16)3-5-13/h2-5,20H,6-11,16H2,1H3,(H,17,19). The van der Waals surface area contributed by atoms with E-state index in [1.54, 1.807) is 0 Å². The molecule has 1 aliphatic heterocycles. The SMILES string of the molecule is CC1(O)CCN(CCC(=O)Nc2ccc(CN)cc2)C1. The first kappa shape index (κ1) is 15.0. The van der Waals surface area contributed by atoms with Crippen LogP contribution in [0.15, 0.2) is 24.3 Å². The van der Waals surface area contributed by atoms with Crippen LogP contribution < -0.4 is 11.1 Å². The number of carbonyl (C=O) groups excluding carboxylic acids is 1. The number of β-amino-alcohol motifs (C(OH)–C–C–N with tert-alkyl or cyclic N) is 1. The Morgan fingerprint density at radius 2 is 2.15 bits per heavy atom. The summed E-state index contributed by atoms with van der Waals surface area (Å²) >= 11 is 0. The molecule has 20 heavy (non-hydrogen) atoms. The van der Waals surface area contributed by atoms with Crippen molar-refractivity contribution in [2.45, 2.75) is 31.9 Å². The Hall–Kier alpha value is -1.43. The van der Waals surface area contributed by atoms with Crippen molar-refractivity contribution in [2.24, 2.45) is 5.73 Å². The molecule has 0 radical (unpaired) electrons. The average Bonchev–Trinajstić information content (AvgIpc) is 2.77. The van der Waals surface area contributed by atoms with E-state index >= 15 is 0 Å². The Labute approximate surface area is 119 Å². The lowest BCUT2D eigenvalue weighted by atomic mass is 10.1. The molecule has 0 spiro atoms. The molecular weight excluding hydrogens is 254 g/mol. The summed E-state index contributed by atoms with van der Waals surface area (Å²) in [6.45, 7) is 4.52. The van der Waals surface area contributed by atoms with E-state index < -0.39 is 5.60 Å². The maximum absolute atomic E-state index is 11.9. The molecule has 1 atom stereocenters. The predicted octanol–water partition coefficient (Wildman–Crippen LogP) is 0.931. The molecule has 4 N–H and O–H groups in total. The van der Waals surface area contributed by atoms with Gasteiger partial charge < -0.3 is 16.2 Å². The molecule has 0 aliphatic carbocycles. The zero-order valence-corrected chi connectivity index (χ0v) is 11.9. The molecule has 1 unspecified atom stereocenters. The first-order chi connectivity index (χ1) is 9.48. The smallest absolute Gasteiger partial charge is 0.225 e. The summed E-state index contributed by atoms with van der Waals surface area (Å²) in [7, 11) is 0. The monoisotopic (exact) mass is 277 g/mol. The highest BCUT2D eigenvalue weighted by Crippen LogP contribution is 2.20. The van der Waals surface area contributed by atoms with Crippen LogP contribution in [0.25, 0.3) is 0 Å². The lowest BCUT2D eigenvalue weighted by Gasteiger charge is -2.18. The van der Waals surface area contributed by atoms with Crippen molar-refractivity contribution in [3.63, 3.8) is 0 Å². The van der Waals surface area contributed by atoms with Crippen molar-refractivity contribution in [3.8, 4) is 0 Å². The van der Waals surface area contributed by atoms with Gasteiger partial charge in [-0.05, 0) is 31.0 Å². The summed E-state index contributed by atoms with van der Waals surface area (Å²) in [6.07, 6.45) is 1.21. The lowest BCUT2D eigenvalue weighted by Crippen LogP contribution is -2.31. The summed E-state index contributed by atoms with van der Waals surface area (Å²) in [4.78, 5) is 14.0. The molecule has 110 valence electrons. The molecule has 1 aliphatic rings. The summed E-state index contributed by atoms with van der Waals surface area (Å²) in [5, 5.41) is 12.7. The van der Waals surface area contributed by atoms with Crippen molar-refractivity contribution in [1.29, 1.82) is 0 Å². The van der Waals surface area contributed by atoms with E-state index in [0.29, 0.717) is 26.1 Å². The average molecular weight is 277 g/mol. The molecule has 0 aromatic heterocycles. The molecular formula is C15H23N3O2. The van der Waals surface area contributed by atoms with Crippen LogP contribution in [0.1, 0.15) is 25.3 Å². The summed E-state index contributed by atoms with van der Waals surface area (Å²) in [5.41, 5.74) is 6.76. The van der Waals surface area contributed by atoms with Gasteiger partial charge in [0.2, 0.25) is 5.91 Å². The molecule has 5 nitrogen and oxygen atoms in total. The van der Waals surface area contributed by atoms with Gasteiger partial charge in [-0.2, -0.15) is 0 Å². The van der Waals surface area contributed by atoms with Crippen LogP contribution in [0.4, 0.5) is 5.69 Å². The van der Waals surface area contributed by atoms with Crippen molar-refractivity contribution >= 4 is 11.6 Å². The minimum Gasteiger partial charge on any atom is -0.389 e. The van der Waals surface area contributed by atoms with E-state index in [9.17, 15) is 9.90 Å². The number of nitrogens with one attached hydrogen (secondary N) is 1. The number of amides is 1. The Kier molecular flexibility index (Phi) is 4.75. The van der Waals surface area contributed by atoms with E-state index in [2.05, 4.69) is 10.2 Å². The fraction of sp³-hybridized carbons (Fsp3) is 0.533. The fourth-order valence-electron chi connectivity index (χ4n) is 2.44. The van der Waals surface area contributed by atoms with Gasteiger partial charge in [-0.1, -0.05) is 12.1 Å². The summed E-state index contributed by atoms with van der Waals surface area (Å²) in [6, 6.07) is 7.54. The second-order valence-corrected chi connectivity index (χ2v) is 5.72. The van der Waals surface area contributed by atoms with Crippen LogP contribution in [-0.2, 0) is 11.3 Å². The number of nitrogens with two attached hydrogens (primary N) is 1. The first-order valence-corrected chi connectivity index (χ1v) is 7.02. The van der Waals surface area contributed by atoms with Gasteiger partial charge in [-0.3, -0.25) is 9.69 Å². The van der Waals surface area contributed by atoms with E-state index in [0.717, 1.165) is 24.2 Å². The van der Waals surface area contributed by atoms with Crippen molar-refractivity contribution in [2.75, 3.05) is 25.0 Å². The zero-order chi connectivity index (χ0) is 14.6. The minimum absolute atomic E-state index is 0.00274. The summed E-state index contributed by atoms with van der Waals surface area (Å²) in [5.74, 6) is -0.00274. The molecule has 1 amide bonds. The second kappa shape index (κ2) is 6.35. The van der Waals surface area contributed by atoms with Crippen LogP contribution >= 0.6 is 0 Å². The van der Waals surface area contributed by atoms with E-state index in [1.165, 1.54) is 0 Å². The predicted molar refractivity (Wildman–Crippen MR) is 79.3 cm³/mol. The number of hydrogen-bond acceptors (Lipinski definition) is 4. The van der Waals surface area contributed by atoms with Gasteiger partial charge >= 0.3 is 0 Å². The quantitative estimate of drug-likeness (QED) is 0.748. The zero-order valence-electron chi connectivity index (χ0n) is 11.9. The van der Waals surface area contributed by atoms with Gasteiger partial charge in [-0.15, -0.1) is 0 Å². The van der Waals surface area contributed by atoms with E-state index in [1.807, 2.05) is 31.2 Å². The number of hydrogen-bond donors (Lipinski definition) is 3.